The zero-order valence-corrected chi connectivity index (χ0v) is 13.8. The van der Waals surface area contributed by atoms with Gasteiger partial charge >= 0.3 is 5.97 Å². The highest BCUT2D eigenvalue weighted by Gasteiger charge is 2.36. The van der Waals surface area contributed by atoms with Gasteiger partial charge in [-0.2, -0.15) is 0 Å². The van der Waals surface area contributed by atoms with E-state index in [4.69, 9.17) is 21.1 Å². The van der Waals surface area contributed by atoms with Gasteiger partial charge in [-0.15, -0.1) is 10.2 Å². The van der Waals surface area contributed by atoms with Gasteiger partial charge in [0.2, 0.25) is 5.89 Å². The molecule has 4 rings (SSSR count). The van der Waals surface area contributed by atoms with E-state index in [0.717, 1.165) is 5.56 Å². The normalized spacial score (nSPS) is 23.5. The molecule has 0 amide bonds. The van der Waals surface area contributed by atoms with Crippen LogP contribution in [0.5, 0.6) is 0 Å². The Morgan fingerprint density at radius 2 is 2.09 bits per heavy atom. The first-order valence-corrected chi connectivity index (χ1v) is 8.88. The molecule has 2 aliphatic carbocycles. The molecule has 1 aromatic carbocycles. The lowest BCUT2D eigenvalue weighted by atomic mass is 9.85. The number of carboxylic acids is 1. The summed E-state index contributed by atoms with van der Waals surface area (Å²) in [5.41, 5.74) is 2.01. The van der Waals surface area contributed by atoms with Gasteiger partial charge in [0, 0.05) is 5.25 Å². The molecule has 2 aromatic rings. The van der Waals surface area contributed by atoms with E-state index in [9.17, 15) is 4.79 Å². The van der Waals surface area contributed by atoms with Crippen LogP contribution in [-0.2, 0) is 4.79 Å². The van der Waals surface area contributed by atoms with Gasteiger partial charge in [-0.25, -0.2) is 0 Å². The molecule has 7 heteroatoms. The van der Waals surface area contributed by atoms with Crippen LogP contribution in [0.1, 0.15) is 37.2 Å². The van der Waals surface area contributed by atoms with E-state index in [1.807, 2.05) is 12.1 Å². The zero-order chi connectivity index (χ0) is 16.0. The van der Waals surface area contributed by atoms with E-state index in [1.165, 1.54) is 30.2 Å². The van der Waals surface area contributed by atoms with Crippen LogP contribution in [0.2, 0.25) is 5.02 Å². The first-order chi connectivity index (χ1) is 11.1. The number of hydrogen-bond donors (Lipinski definition) is 1. The smallest absolute Gasteiger partial charge is 0.306 e. The highest BCUT2D eigenvalue weighted by molar-refractivity contribution is 7.99. The standard InChI is InChI=1S/C16H15ClN2O3S/c17-13-7-9(8-1-2-8)3-4-12(13)14-18-19-16(22-14)23-11-5-10(6-11)15(20)21/h3-4,7-8,10-11H,1-2,5-6H2,(H,20,21)/t10-,11+. The number of benzene rings is 1. The Bertz CT molecular complexity index is 754. The second kappa shape index (κ2) is 5.83. The molecule has 23 heavy (non-hydrogen) atoms. The second-order valence-corrected chi connectivity index (χ2v) is 7.79. The van der Waals surface area contributed by atoms with Crippen molar-refractivity contribution in [2.75, 3.05) is 0 Å². The van der Waals surface area contributed by atoms with E-state index in [2.05, 4.69) is 16.3 Å². The molecule has 0 spiro atoms. The van der Waals surface area contributed by atoms with Crippen LogP contribution in [0, 0.1) is 5.92 Å². The number of rotatable bonds is 5. The Morgan fingerprint density at radius 3 is 2.74 bits per heavy atom. The number of carboxylic acid groups (broad SMARTS) is 1. The van der Waals surface area contributed by atoms with Crippen LogP contribution >= 0.6 is 23.4 Å². The van der Waals surface area contributed by atoms with Gasteiger partial charge < -0.3 is 9.52 Å². The van der Waals surface area contributed by atoms with Gasteiger partial charge in [0.25, 0.3) is 5.22 Å². The average Bonchev–Trinajstić information content (AvgIpc) is 3.22. The molecule has 1 heterocycles. The molecule has 2 fully saturated rings. The Kier molecular flexibility index (Phi) is 3.81. The number of halogens is 1. The summed E-state index contributed by atoms with van der Waals surface area (Å²) >= 11 is 7.79. The highest BCUT2D eigenvalue weighted by Crippen LogP contribution is 2.43. The van der Waals surface area contributed by atoms with E-state index < -0.39 is 5.97 Å². The summed E-state index contributed by atoms with van der Waals surface area (Å²) in [6, 6.07) is 5.98. The van der Waals surface area contributed by atoms with Gasteiger partial charge in [-0.1, -0.05) is 29.4 Å². The van der Waals surface area contributed by atoms with Crippen molar-refractivity contribution >= 4 is 29.3 Å². The number of aromatic nitrogens is 2. The third-order valence-corrected chi connectivity index (χ3v) is 5.79. The third-order valence-electron chi connectivity index (χ3n) is 4.39. The van der Waals surface area contributed by atoms with Crippen molar-refractivity contribution in [2.45, 2.75) is 42.1 Å². The molecule has 0 atom stereocenters. The minimum absolute atomic E-state index is 0.233. The van der Waals surface area contributed by atoms with Crippen LogP contribution in [0.15, 0.2) is 27.8 Å². The number of nitrogens with zero attached hydrogens (tertiary/aromatic N) is 2. The molecule has 1 aromatic heterocycles. The van der Waals surface area contributed by atoms with Crippen molar-refractivity contribution in [2.24, 2.45) is 5.92 Å². The first-order valence-electron chi connectivity index (χ1n) is 7.63. The topological polar surface area (TPSA) is 76.2 Å². The molecule has 0 saturated heterocycles. The van der Waals surface area contributed by atoms with Crippen molar-refractivity contribution in [3.05, 3.63) is 28.8 Å². The third kappa shape index (κ3) is 3.10. The molecule has 2 aliphatic rings. The number of thioether (sulfide) groups is 1. The number of hydrogen-bond acceptors (Lipinski definition) is 5. The average molecular weight is 351 g/mol. The van der Waals surface area contributed by atoms with Gasteiger partial charge in [0.15, 0.2) is 0 Å². The Morgan fingerprint density at radius 1 is 1.30 bits per heavy atom. The molecule has 1 N–H and O–H groups in total. The van der Waals surface area contributed by atoms with Crippen molar-refractivity contribution in [1.82, 2.24) is 10.2 Å². The van der Waals surface area contributed by atoms with E-state index in [1.54, 1.807) is 0 Å². The summed E-state index contributed by atoms with van der Waals surface area (Å²) in [6.07, 6.45) is 3.76. The Labute approximate surface area is 142 Å². The second-order valence-electron chi connectivity index (χ2n) is 6.13. The fourth-order valence-corrected chi connectivity index (χ4v) is 4.17. The molecule has 0 aliphatic heterocycles. The van der Waals surface area contributed by atoms with Gasteiger partial charge in [-0.3, -0.25) is 4.79 Å². The van der Waals surface area contributed by atoms with Crippen molar-refractivity contribution < 1.29 is 14.3 Å². The van der Waals surface area contributed by atoms with Crippen LogP contribution in [0.4, 0.5) is 0 Å². The largest absolute Gasteiger partial charge is 0.481 e. The summed E-state index contributed by atoms with van der Waals surface area (Å²) < 4.78 is 5.68. The maximum atomic E-state index is 10.8. The predicted octanol–water partition coefficient (Wildman–Crippen LogP) is 4.22. The maximum Gasteiger partial charge on any atom is 0.306 e. The summed E-state index contributed by atoms with van der Waals surface area (Å²) in [7, 11) is 0. The van der Waals surface area contributed by atoms with Crippen LogP contribution in [0.25, 0.3) is 11.5 Å². The van der Waals surface area contributed by atoms with Crippen molar-refractivity contribution in [3.8, 4) is 11.5 Å². The molecule has 2 saturated carbocycles. The Hall–Kier alpha value is -1.53. The Balaban J connectivity index is 1.44. The quantitative estimate of drug-likeness (QED) is 0.869. The van der Waals surface area contributed by atoms with Gasteiger partial charge in [-0.05, 0) is 49.3 Å². The van der Waals surface area contributed by atoms with Crippen LogP contribution in [0.3, 0.4) is 0 Å². The van der Waals surface area contributed by atoms with Crippen molar-refractivity contribution in [3.63, 3.8) is 0 Å². The summed E-state index contributed by atoms with van der Waals surface area (Å²) in [6.45, 7) is 0. The SMILES string of the molecule is O=C(O)[C@H]1C[C@@H](Sc2nnc(-c3ccc(C4CC4)cc3Cl)o2)C1. The minimum atomic E-state index is -0.726. The molecular weight excluding hydrogens is 336 g/mol. The molecule has 5 nitrogen and oxygen atoms in total. The van der Waals surface area contributed by atoms with E-state index >= 15 is 0 Å². The molecular formula is C16H15ClN2O3S. The van der Waals surface area contributed by atoms with Gasteiger partial charge in [0.1, 0.15) is 0 Å². The fourth-order valence-electron chi connectivity index (χ4n) is 2.75. The van der Waals surface area contributed by atoms with E-state index in [0.29, 0.717) is 34.9 Å². The fraction of sp³-hybridized carbons (Fsp3) is 0.438. The lowest BCUT2D eigenvalue weighted by molar-refractivity contribution is -0.144. The summed E-state index contributed by atoms with van der Waals surface area (Å²) in [4.78, 5) is 10.8. The lowest BCUT2D eigenvalue weighted by Crippen LogP contribution is -2.32. The number of aliphatic carboxylic acids is 1. The molecule has 0 unspecified atom stereocenters. The van der Waals surface area contributed by atoms with E-state index in [-0.39, 0.29) is 11.2 Å². The summed E-state index contributed by atoms with van der Waals surface area (Å²) in [5.74, 6) is 0.0972. The molecule has 0 radical (unpaired) electrons. The number of carbonyl (C=O) groups is 1. The maximum absolute atomic E-state index is 10.8. The van der Waals surface area contributed by atoms with Crippen LogP contribution in [-0.4, -0.2) is 26.5 Å². The molecule has 0 bridgehead atoms. The van der Waals surface area contributed by atoms with Crippen LogP contribution < -0.4 is 0 Å². The van der Waals surface area contributed by atoms with Gasteiger partial charge in [0.05, 0.1) is 16.5 Å². The highest BCUT2D eigenvalue weighted by atomic mass is 35.5. The monoisotopic (exact) mass is 350 g/mol. The van der Waals surface area contributed by atoms with Crippen molar-refractivity contribution in [1.29, 1.82) is 0 Å². The first kappa shape index (κ1) is 15.0. The summed E-state index contributed by atoms with van der Waals surface area (Å²) in [5, 5.41) is 18.3. The zero-order valence-electron chi connectivity index (χ0n) is 12.2. The lowest BCUT2D eigenvalue weighted by Gasteiger charge is -2.30. The predicted molar refractivity (Wildman–Crippen MR) is 86.7 cm³/mol. The molecule has 120 valence electrons. The minimum Gasteiger partial charge on any atom is -0.481 e.